The third kappa shape index (κ3) is 3.62. The standard InChI is InChI=1S/C18H23ClN4O/c1-3-23-13-16(14(2)20-23)18(24)22-10-8-21(9-11-22)12-15-6-4-5-7-17(15)19/h4-7,13H,3,8-12H2,1-2H3. The number of benzene rings is 1. The first kappa shape index (κ1) is 17.0. The summed E-state index contributed by atoms with van der Waals surface area (Å²) in [5.74, 6) is 0.0876. The molecule has 0 unspecified atom stereocenters. The van der Waals surface area contributed by atoms with Gasteiger partial charge in [-0.1, -0.05) is 29.8 Å². The van der Waals surface area contributed by atoms with E-state index >= 15 is 0 Å². The van der Waals surface area contributed by atoms with Crippen LogP contribution in [0.5, 0.6) is 0 Å². The molecular formula is C18H23ClN4O. The summed E-state index contributed by atoms with van der Waals surface area (Å²) in [7, 11) is 0. The summed E-state index contributed by atoms with van der Waals surface area (Å²) in [6.45, 7) is 8.71. The Labute approximate surface area is 147 Å². The van der Waals surface area contributed by atoms with Crippen molar-refractivity contribution < 1.29 is 4.79 Å². The lowest BCUT2D eigenvalue weighted by atomic mass is 10.1. The highest BCUT2D eigenvalue weighted by Gasteiger charge is 2.24. The van der Waals surface area contributed by atoms with Crippen molar-refractivity contribution in [2.24, 2.45) is 0 Å². The van der Waals surface area contributed by atoms with Gasteiger partial charge in [0.25, 0.3) is 5.91 Å². The van der Waals surface area contributed by atoms with Crippen LogP contribution in [0.2, 0.25) is 5.02 Å². The van der Waals surface area contributed by atoms with Gasteiger partial charge in [-0.05, 0) is 25.5 Å². The van der Waals surface area contributed by atoms with Gasteiger partial charge in [-0.2, -0.15) is 5.10 Å². The summed E-state index contributed by atoms with van der Waals surface area (Å²) in [6.07, 6.45) is 1.85. The summed E-state index contributed by atoms with van der Waals surface area (Å²) < 4.78 is 1.82. The molecule has 1 saturated heterocycles. The monoisotopic (exact) mass is 346 g/mol. The summed E-state index contributed by atoms with van der Waals surface area (Å²) in [5, 5.41) is 5.17. The molecule has 24 heavy (non-hydrogen) atoms. The molecule has 1 aliphatic heterocycles. The van der Waals surface area contributed by atoms with Crippen molar-refractivity contribution in [3.05, 3.63) is 52.3 Å². The van der Waals surface area contributed by atoms with Gasteiger partial charge in [0.2, 0.25) is 0 Å². The molecule has 0 bridgehead atoms. The zero-order chi connectivity index (χ0) is 17.1. The number of hydrogen-bond acceptors (Lipinski definition) is 3. The molecule has 5 nitrogen and oxygen atoms in total. The maximum atomic E-state index is 12.7. The van der Waals surface area contributed by atoms with Crippen LogP contribution in [0.4, 0.5) is 0 Å². The summed E-state index contributed by atoms with van der Waals surface area (Å²) in [6, 6.07) is 7.93. The molecular weight excluding hydrogens is 324 g/mol. The Morgan fingerprint density at radius 3 is 2.54 bits per heavy atom. The second-order valence-corrected chi connectivity index (χ2v) is 6.55. The van der Waals surface area contributed by atoms with E-state index in [1.807, 2.05) is 47.8 Å². The van der Waals surface area contributed by atoms with E-state index in [4.69, 9.17) is 11.6 Å². The van der Waals surface area contributed by atoms with Crippen molar-refractivity contribution in [1.82, 2.24) is 19.6 Å². The van der Waals surface area contributed by atoms with Gasteiger partial charge in [-0.15, -0.1) is 0 Å². The fourth-order valence-electron chi connectivity index (χ4n) is 3.04. The zero-order valence-corrected chi connectivity index (χ0v) is 15.0. The topological polar surface area (TPSA) is 41.4 Å². The van der Waals surface area contributed by atoms with E-state index in [0.717, 1.165) is 61.1 Å². The third-order valence-corrected chi connectivity index (χ3v) is 4.88. The Bertz CT molecular complexity index is 720. The smallest absolute Gasteiger partial charge is 0.257 e. The number of rotatable bonds is 4. The average molecular weight is 347 g/mol. The summed E-state index contributed by atoms with van der Waals surface area (Å²) in [5.41, 5.74) is 2.66. The number of carbonyl (C=O) groups is 1. The van der Waals surface area contributed by atoms with Gasteiger partial charge >= 0.3 is 0 Å². The van der Waals surface area contributed by atoms with Crippen LogP contribution in [-0.4, -0.2) is 51.7 Å². The first-order chi connectivity index (χ1) is 11.6. The van der Waals surface area contributed by atoms with E-state index in [2.05, 4.69) is 16.1 Å². The summed E-state index contributed by atoms with van der Waals surface area (Å²) in [4.78, 5) is 17.0. The number of halogens is 1. The Hall–Kier alpha value is -1.85. The second-order valence-electron chi connectivity index (χ2n) is 6.14. The molecule has 1 aromatic heterocycles. The molecule has 0 atom stereocenters. The Morgan fingerprint density at radius 2 is 1.92 bits per heavy atom. The summed E-state index contributed by atoms with van der Waals surface area (Å²) >= 11 is 6.24. The maximum Gasteiger partial charge on any atom is 0.257 e. The largest absolute Gasteiger partial charge is 0.336 e. The highest BCUT2D eigenvalue weighted by molar-refractivity contribution is 6.31. The van der Waals surface area contributed by atoms with Gasteiger partial charge in [-0.3, -0.25) is 14.4 Å². The van der Waals surface area contributed by atoms with Gasteiger partial charge in [0.1, 0.15) is 0 Å². The Balaban J connectivity index is 1.59. The van der Waals surface area contributed by atoms with Crippen LogP contribution in [0.3, 0.4) is 0 Å². The molecule has 1 amide bonds. The Kier molecular flexibility index (Phi) is 5.21. The van der Waals surface area contributed by atoms with Gasteiger partial charge in [0.05, 0.1) is 11.3 Å². The fourth-order valence-corrected chi connectivity index (χ4v) is 3.23. The molecule has 0 aliphatic carbocycles. The quantitative estimate of drug-likeness (QED) is 0.854. The van der Waals surface area contributed by atoms with E-state index < -0.39 is 0 Å². The van der Waals surface area contributed by atoms with Gasteiger partial charge < -0.3 is 4.90 Å². The molecule has 1 aromatic carbocycles. The highest BCUT2D eigenvalue weighted by atomic mass is 35.5. The number of aromatic nitrogens is 2. The second kappa shape index (κ2) is 7.36. The number of hydrogen-bond donors (Lipinski definition) is 0. The molecule has 0 N–H and O–H groups in total. The van der Waals surface area contributed by atoms with E-state index in [1.165, 1.54) is 0 Å². The lowest BCUT2D eigenvalue weighted by Crippen LogP contribution is -2.48. The minimum absolute atomic E-state index is 0.0876. The van der Waals surface area contributed by atoms with Crippen LogP contribution in [-0.2, 0) is 13.1 Å². The normalized spacial score (nSPS) is 15.7. The molecule has 0 radical (unpaired) electrons. The van der Waals surface area contributed by atoms with Crippen LogP contribution in [0.15, 0.2) is 30.5 Å². The molecule has 0 saturated carbocycles. The molecule has 1 aliphatic rings. The van der Waals surface area contributed by atoms with Crippen molar-refractivity contribution >= 4 is 17.5 Å². The first-order valence-electron chi connectivity index (χ1n) is 8.37. The van der Waals surface area contributed by atoms with Crippen LogP contribution in [0, 0.1) is 6.92 Å². The van der Waals surface area contributed by atoms with Crippen LogP contribution < -0.4 is 0 Å². The van der Waals surface area contributed by atoms with Crippen LogP contribution in [0.1, 0.15) is 28.5 Å². The Morgan fingerprint density at radius 1 is 1.21 bits per heavy atom. The van der Waals surface area contributed by atoms with Crippen molar-refractivity contribution in [2.75, 3.05) is 26.2 Å². The highest BCUT2D eigenvalue weighted by Crippen LogP contribution is 2.18. The lowest BCUT2D eigenvalue weighted by molar-refractivity contribution is 0.0627. The predicted molar refractivity (Wildman–Crippen MR) is 95.3 cm³/mol. The van der Waals surface area contributed by atoms with E-state index in [9.17, 15) is 4.79 Å². The SMILES string of the molecule is CCn1cc(C(=O)N2CCN(Cc3ccccc3Cl)CC2)c(C)n1. The fraction of sp³-hybridized carbons (Fsp3) is 0.444. The first-order valence-corrected chi connectivity index (χ1v) is 8.75. The van der Waals surface area contributed by atoms with Crippen LogP contribution in [0.25, 0.3) is 0 Å². The van der Waals surface area contributed by atoms with Crippen molar-refractivity contribution in [3.63, 3.8) is 0 Å². The number of nitrogens with zero attached hydrogens (tertiary/aromatic N) is 4. The molecule has 128 valence electrons. The van der Waals surface area contributed by atoms with Crippen molar-refractivity contribution in [2.45, 2.75) is 26.9 Å². The number of aryl methyl sites for hydroxylation is 2. The maximum absolute atomic E-state index is 12.7. The average Bonchev–Trinajstić information content (AvgIpc) is 2.98. The minimum atomic E-state index is 0.0876. The number of carbonyl (C=O) groups excluding carboxylic acids is 1. The molecule has 0 spiro atoms. The molecule has 3 rings (SSSR count). The molecule has 6 heteroatoms. The van der Waals surface area contributed by atoms with E-state index in [0.29, 0.717) is 0 Å². The number of piperazine rings is 1. The molecule has 2 heterocycles. The number of amides is 1. The van der Waals surface area contributed by atoms with Crippen LogP contribution >= 0.6 is 11.6 Å². The molecule has 2 aromatic rings. The zero-order valence-electron chi connectivity index (χ0n) is 14.2. The minimum Gasteiger partial charge on any atom is -0.336 e. The predicted octanol–water partition coefficient (Wildman–Crippen LogP) is 2.82. The lowest BCUT2D eigenvalue weighted by Gasteiger charge is -2.34. The third-order valence-electron chi connectivity index (χ3n) is 4.51. The molecule has 1 fully saturated rings. The van der Waals surface area contributed by atoms with Crippen molar-refractivity contribution in [3.8, 4) is 0 Å². The van der Waals surface area contributed by atoms with E-state index in [1.54, 1.807) is 0 Å². The van der Waals surface area contributed by atoms with Crippen molar-refractivity contribution in [1.29, 1.82) is 0 Å². The van der Waals surface area contributed by atoms with E-state index in [-0.39, 0.29) is 5.91 Å². The van der Waals surface area contributed by atoms with Gasteiger partial charge in [-0.25, -0.2) is 0 Å². The van der Waals surface area contributed by atoms with Gasteiger partial charge in [0.15, 0.2) is 0 Å². The van der Waals surface area contributed by atoms with Gasteiger partial charge in [0, 0.05) is 50.5 Å².